The number of amides is 1. The van der Waals surface area contributed by atoms with Crippen LogP contribution < -0.4 is 16.2 Å². The average molecular weight is 260 g/mol. The Balaban J connectivity index is 2.12. The van der Waals surface area contributed by atoms with E-state index < -0.39 is 11.7 Å². The van der Waals surface area contributed by atoms with E-state index in [0.29, 0.717) is 17.0 Å². The second-order valence-corrected chi connectivity index (χ2v) is 4.00. The topological polar surface area (TPSA) is 78.3 Å². The monoisotopic (exact) mass is 260 g/mol. The van der Waals surface area contributed by atoms with Crippen molar-refractivity contribution in [1.29, 1.82) is 0 Å². The first-order valence-electron chi connectivity index (χ1n) is 5.63. The van der Waals surface area contributed by atoms with Crippen LogP contribution in [0.25, 0.3) is 0 Å². The van der Waals surface area contributed by atoms with Crippen molar-refractivity contribution in [2.24, 2.45) is 5.73 Å². The molecule has 0 fully saturated rings. The lowest BCUT2D eigenvalue weighted by atomic mass is 10.1. The van der Waals surface area contributed by atoms with Gasteiger partial charge in [0.2, 0.25) is 5.91 Å². The molecule has 19 heavy (non-hydrogen) atoms. The van der Waals surface area contributed by atoms with E-state index in [4.69, 9.17) is 16.2 Å². The molecular formula is C14H13FN2O2. The van der Waals surface area contributed by atoms with Crippen LogP contribution in [-0.2, 0) is 6.61 Å². The third-order valence-electron chi connectivity index (χ3n) is 2.64. The predicted octanol–water partition coefficient (Wildman–Crippen LogP) is 2.09. The number of hydrogen-bond acceptors (Lipinski definition) is 3. The van der Waals surface area contributed by atoms with Crippen LogP contribution in [0.3, 0.4) is 0 Å². The molecule has 0 heterocycles. The summed E-state index contributed by atoms with van der Waals surface area (Å²) in [6.45, 7) is 0.0269. The van der Waals surface area contributed by atoms with E-state index in [0.717, 1.165) is 6.07 Å². The normalized spacial score (nSPS) is 10.2. The van der Waals surface area contributed by atoms with E-state index in [-0.39, 0.29) is 12.2 Å². The highest BCUT2D eigenvalue weighted by Gasteiger charge is 2.08. The first-order chi connectivity index (χ1) is 9.08. The number of para-hydroxylation sites is 2. The number of rotatable bonds is 4. The molecule has 2 aromatic carbocycles. The van der Waals surface area contributed by atoms with Crippen molar-refractivity contribution < 1.29 is 13.9 Å². The number of nitrogens with two attached hydrogens (primary N) is 2. The van der Waals surface area contributed by atoms with Gasteiger partial charge in [-0.2, -0.15) is 0 Å². The molecule has 0 aliphatic carbocycles. The van der Waals surface area contributed by atoms with Crippen LogP contribution in [0.1, 0.15) is 15.9 Å². The first kappa shape index (κ1) is 12.9. The Hall–Kier alpha value is -2.56. The van der Waals surface area contributed by atoms with Gasteiger partial charge in [-0.15, -0.1) is 0 Å². The first-order valence-corrected chi connectivity index (χ1v) is 5.63. The number of halogens is 1. The number of hydrogen-bond donors (Lipinski definition) is 2. The molecule has 0 saturated heterocycles. The fourth-order valence-corrected chi connectivity index (χ4v) is 1.59. The molecule has 0 aromatic heterocycles. The Labute approximate surface area is 109 Å². The lowest BCUT2D eigenvalue weighted by Gasteiger charge is -2.09. The molecule has 4 nitrogen and oxygen atoms in total. The summed E-state index contributed by atoms with van der Waals surface area (Å²) in [6, 6.07) is 11.0. The summed E-state index contributed by atoms with van der Waals surface area (Å²) in [5, 5.41) is 0. The zero-order valence-electron chi connectivity index (χ0n) is 10.1. The maximum atomic E-state index is 13.7. The molecular weight excluding hydrogens is 247 g/mol. The Kier molecular flexibility index (Phi) is 3.66. The maximum Gasteiger partial charge on any atom is 0.248 e. The van der Waals surface area contributed by atoms with Gasteiger partial charge < -0.3 is 16.2 Å². The minimum atomic E-state index is -0.668. The van der Waals surface area contributed by atoms with Crippen LogP contribution >= 0.6 is 0 Å². The highest BCUT2D eigenvalue weighted by molar-refractivity contribution is 5.92. The van der Waals surface area contributed by atoms with Crippen molar-refractivity contribution in [3.8, 4) is 5.75 Å². The molecule has 0 atom stereocenters. The van der Waals surface area contributed by atoms with Crippen LogP contribution in [0.15, 0.2) is 42.5 Å². The molecule has 98 valence electrons. The van der Waals surface area contributed by atoms with Crippen molar-refractivity contribution in [2.45, 2.75) is 6.61 Å². The largest absolute Gasteiger partial charge is 0.487 e. The fraction of sp³-hybridized carbons (Fsp3) is 0.0714. The lowest BCUT2D eigenvalue weighted by Crippen LogP contribution is -2.12. The van der Waals surface area contributed by atoms with E-state index in [1.807, 2.05) is 0 Å². The molecule has 0 aliphatic rings. The second-order valence-electron chi connectivity index (χ2n) is 4.00. The standard InChI is InChI=1S/C14H13FN2O2/c15-11-7-9(14(17)18)5-6-10(11)8-19-13-4-2-1-3-12(13)16/h1-7H,8,16H2,(H2,17,18). The fourth-order valence-electron chi connectivity index (χ4n) is 1.59. The summed E-state index contributed by atoms with van der Waals surface area (Å²) >= 11 is 0. The van der Waals surface area contributed by atoms with E-state index in [9.17, 15) is 9.18 Å². The van der Waals surface area contributed by atoms with E-state index in [2.05, 4.69) is 0 Å². The van der Waals surface area contributed by atoms with Gasteiger partial charge in [-0.1, -0.05) is 18.2 Å². The molecule has 0 radical (unpaired) electrons. The predicted molar refractivity (Wildman–Crippen MR) is 70.1 cm³/mol. The van der Waals surface area contributed by atoms with Crippen molar-refractivity contribution in [3.05, 3.63) is 59.4 Å². The molecule has 0 bridgehead atoms. The van der Waals surface area contributed by atoms with Crippen LogP contribution in [0.2, 0.25) is 0 Å². The Morgan fingerprint density at radius 3 is 2.58 bits per heavy atom. The average Bonchev–Trinajstić information content (AvgIpc) is 2.39. The number of ether oxygens (including phenoxy) is 1. The minimum Gasteiger partial charge on any atom is -0.487 e. The summed E-state index contributed by atoms with van der Waals surface area (Å²) in [6.07, 6.45) is 0. The lowest BCUT2D eigenvalue weighted by molar-refractivity contribution is 0.0999. The molecule has 0 aliphatic heterocycles. The van der Waals surface area contributed by atoms with Crippen LogP contribution in [0.4, 0.5) is 10.1 Å². The molecule has 0 spiro atoms. The van der Waals surface area contributed by atoms with Gasteiger partial charge in [0.15, 0.2) is 0 Å². The van der Waals surface area contributed by atoms with Crippen LogP contribution in [-0.4, -0.2) is 5.91 Å². The molecule has 4 N–H and O–H groups in total. The second kappa shape index (κ2) is 5.39. The third kappa shape index (κ3) is 3.01. The summed E-state index contributed by atoms with van der Waals surface area (Å²) in [5.74, 6) is -0.717. The van der Waals surface area contributed by atoms with Crippen molar-refractivity contribution >= 4 is 11.6 Å². The summed E-state index contributed by atoms with van der Waals surface area (Å²) < 4.78 is 19.1. The minimum absolute atomic E-state index is 0.0269. The van der Waals surface area contributed by atoms with Gasteiger partial charge in [-0.05, 0) is 24.3 Å². The maximum absolute atomic E-state index is 13.7. The van der Waals surface area contributed by atoms with Crippen LogP contribution in [0.5, 0.6) is 5.75 Å². The third-order valence-corrected chi connectivity index (χ3v) is 2.64. The Morgan fingerprint density at radius 1 is 1.21 bits per heavy atom. The molecule has 0 unspecified atom stereocenters. The molecule has 2 rings (SSSR count). The molecule has 2 aromatic rings. The Morgan fingerprint density at radius 2 is 1.95 bits per heavy atom. The Bertz CT molecular complexity index is 614. The number of primary amides is 1. The van der Waals surface area contributed by atoms with Gasteiger partial charge in [0.25, 0.3) is 0 Å². The molecule has 0 saturated carbocycles. The van der Waals surface area contributed by atoms with Crippen molar-refractivity contribution in [1.82, 2.24) is 0 Å². The number of benzene rings is 2. The highest BCUT2D eigenvalue weighted by atomic mass is 19.1. The summed E-state index contributed by atoms with van der Waals surface area (Å²) in [5.41, 5.74) is 11.7. The SMILES string of the molecule is NC(=O)c1ccc(COc2ccccc2N)c(F)c1. The smallest absolute Gasteiger partial charge is 0.248 e. The number of anilines is 1. The number of nitrogen functional groups attached to an aromatic ring is 1. The van der Waals surface area contributed by atoms with Crippen molar-refractivity contribution in [2.75, 3.05) is 5.73 Å². The van der Waals surface area contributed by atoms with E-state index in [1.54, 1.807) is 24.3 Å². The molecule has 1 amide bonds. The van der Waals surface area contributed by atoms with Gasteiger partial charge in [-0.3, -0.25) is 4.79 Å². The summed E-state index contributed by atoms with van der Waals surface area (Å²) in [7, 11) is 0. The number of carbonyl (C=O) groups is 1. The van der Waals surface area contributed by atoms with Crippen LogP contribution in [0, 0.1) is 5.82 Å². The number of carbonyl (C=O) groups excluding carboxylic acids is 1. The van der Waals surface area contributed by atoms with Crippen molar-refractivity contribution in [3.63, 3.8) is 0 Å². The van der Waals surface area contributed by atoms with Gasteiger partial charge in [0, 0.05) is 11.1 Å². The molecule has 5 heteroatoms. The summed E-state index contributed by atoms with van der Waals surface area (Å²) in [4.78, 5) is 10.9. The van der Waals surface area contributed by atoms with E-state index in [1.165, 1.54) is 12.1 Å². The van der Waals surface area contributed by atoms with Gasteiger partial charge in [0.1, 0.15) is 18.2 Å². The highest BCUT2D eigenvalue weighted by Crippen LogP contribution is 2.21. The van der Waals surface area contributed by atoms with E-state index >= 15 is 0 Å². The van der Waals surface area contributed by atoms with Gasteiger partial charge in [-0.25, -0.2) is 4.39 Å². The van der Waals surface area contributed by atoms with Gasteiger partial charge in [0.05, 0.1) is 5.69 Å². The zero-order valence-corrected chi connectivity index (χ0v) is 10.1. The zero-order chi connectivity index (χ0) is 13.8. The quantitative estimate of drug-likeness (QED) is 0.826. The van der Waals surface area contributed by atoms with Gasteiger partial charge >= 0.3 is 0 Å².